The first-order valence-corrected chi connectivity index (χ1v) is 13.2. The van der Waals surface area contributed by atoms with Gasteiger partial charge < -0.3 is 34.9 Å². The third-order valence-corrected chi connectivity index (χ3v) is 6.61. The number of carbonyl (C=O) groups is 4. The molecule has 1 aliphatic heterocycles. The van der Waals surface area contributed by atoms with E-state index in [1.54, 1.807) is 74.8 Å². The molecule has 2 aliphatic rings. The smallest absolute Gasteiger partial charge is 0.339 e. The average molecular weight is 564 g/mol. The van der Waals surface area contributed by atoms with Gasteiger partial charge in [0.1, 0.15) is 25.1 Å². The fraction of sp³-hybridized carbons (Fsp3) is 0.333. The average Bonchev–Trinajstić information content (AvgIpc) is 3.47. The van der Waals surface area contributed by atoms with Crippen molar-refractivity contribution in [1.29, 1.82) is 0 Å². The zero-order valence-corrected chi connectivity index (χ0v) is 22.9. The van der Waals surface area contributed by atoms with Crippen molar-refractivity contribution in [3.63, 3.8) is 0 Å². The van der Waals surface area contributed by atoms with E-state index in [0.717, 1.165) is 0 Å². The van der Waals surface area contributed by atoms with Crippen molar-refractivity contribution in [3.05, 3.63) is 88.5 Å². The highest BCUT2D eigenvalue weighted by molar-refractivity contribution is 5.98. The second-order valence-corrected chi connectivity index (χ2v) is 9.74. The van der Waals surface area contributed by atoms with Gasteiger partial charge in [0.15, 0.2) is 0 Å². The molecule has 0 spiro atoms. The monoisotopic (exact) mass is 563 g/mol. The molecule has 1 saturated heterocycles. The van der Waals surface area contributed by atoms with Crippen molar-refractivity contribution in [2.24, 2.45) is 0 Å². The van der Waals surface area contributed by atoms with Gasteiger partial charge in [-0.05, 0) is 41.5 Å². The summed E-state index contributed by atoms with van der Waals surface area (Å²) in [6.07, 6.45) is 2.82. The molecule has 216 valence electrons. The third-order valence-electron chi connectivity index (χ3n) is 6.61. The summed E-state index contributed by atoms with van der Waals surface area (Å²) >= 11 is 0. The standard InChI is InChI=1S/C30H33N3O8/c1-33(2)26(35)11-10-20-7-3-4-9-23(20)30(38)41-25-16-22(15-24-27(25)40-18-39-24)29(37)32-17-19-6-5-8-21(14-19)28(36)31-12-13-34/h3-11,14-15,24-25,27,34H,12-13,16-18H2,1-2H3,(H,31,36)(H,32,37). The maximum atomic E-state index is 13.2. The van der Waals surface area contributed by atoms with Crippen molar-refractivity contribution in [2.75, 3.05) is 34.0 Å². The molecule has 41 heavy (non-hydrogen) atoms. The first-order chi connectivity index (χ1) is 19.8. The Kier molecular flexibility index (Phi) is 10.0. The number of ether oxygens (including phenoxy) is 3. The number of nitrogens with one attached hydrogen (secondary N) is 2. The van der Waals surface area contributed by atoms with Gasteiger partial charge in [-0.2, -0.15) is 0 Å². The van der Waals surface area contributed by atoms with Crippen LogP contribution in [0.25, 0.3) is 6.08 Å². The van der Waals surface area contributed by atoms with Gasteiger partial charge in [-0.15, -0.1) is 0 Å². The maximum Gasteiger partial charge on any atom is 0.339 e. The summed E-state index contributed by atoms with van der Waals surface area (Å²) in [5.41, 5.74) is 2.30. The molecular formula is C30H33N3O8. The molecule has 2 aromatic carbocycles. The fourth-order valence-corrected chi connectivity index (χ4v) is 4.45. The highest BCUT2D eigenvalue weighted by Gasteiger charge is 2.42. The van der Waals surface area contributed by atoms with E-state index in [4.69, 9.17) is 19.3 Å². The van der Waals surface area contributed by atoms with E-state index >= 15 is 0 Å². The van der Waals surface area contributed by atoms with Gasteiger partial charge in [-0.25, -0.2) is 4.79 Å². The number of likely N-dealkylation sites (N-methyl/N-ethyl adjacent to an activating group) is 1. The number of aliphatic hydroxyl groups excluding tert-OH is 1. The second kappa shape index (κ2) is 13.8. The minimum atomic E-state index is -0.778. The number of rotatable bonds is 10. The number of carbonyl (C=O) groups excluding carboxylic acids is 4. The molecule has 1 heterocycles. The van der Waals surface area contributed by atoms with Crippen molar-refractivity contribution < 1.29 is 38.5 Å². The maximum absolute atomic E-state index is 13.2. The van der Waals surface area contributed by atoms with Crippen LogP contribution in [0.1, 0.15) is 38.3 Å². The van der Waals surface area contributed by atoms with Crippen LogP contribution in [0.2, 0.25) is 0 Å². The lowest BCUT2D eigenvalue weighted by molar-refractivity contribution is -0.123. The summed E-state index contributed by atoms with van der Waals surface area (Å²) in [4.78, 5) is 51.9. The fourth-order valence-electron chi connectivity index (χ4n) is 4.45. The lowest BCUT2D eigenvalue weighted by Crippen LogP contribution is -2.43. The van der Waals surface area contributed by atoms with Gasteiger partial charge in [0.05, 0.1) is 12.2 Å². The molecule has 1 fully saturated rings. The predicted molar refractivity (Wildman–Crippen MR) is 148 cm³/mol. The Morgan fingerprint density at radius 1 is 1.05 bits per heavy atom. The quantitative estimate of drug-likeness (QED) is 0.291. The van der Waals surface area contributed by atoms with Crippen molar-refractivity contribution in [3.8, 4) is 0 Å². The minimum Gasteiger partial charge on any atom is -0.456 e. The van der Waals surface area contributed by atoms with Crippen LogP contribution < -0.4 is 10.6 Å². The molecule has 0 radical (unpaired) electrons. The molecule has 0 bridgehead atoms. The summed E-state index contributed by atoms with van der Waals surface area (Å²) in [5, 5.41) is 14.3. The molecule has 11 heteroatoms. The Morgan fingerprint density at radius 2 is 1.85 bits per heavy atom. The van der Waals surface area contributed by atoms with Crippen LogP contribution >= 0.6 is 0 Å². The molecule has 3 atom stereocenters. The normalized spacial score (nSPS) is 19.7. The number of hydrogen-bond donors (Lipinski definition) is 3. The predicted octanol–water partition coefficient (Wildman–Crippen LogP) is 1.42. The Labute approximate surface area is 237 Å². The van der Waals surface area contributed by atoms with Gasteiger partial charge in [0.25, 0.3) is 5.91 Å². The van der Waals surface area contributed by atoms with Crippen molar-refractivity contribution >= 4 is 29.8 Å². The van der Waals surface area contributed by atoms with Crippen LogP contribution in [0.3, 0.4) is 0 Å². The molecule has 0 aromatic heterocycles. The molecule has 4 rings (SSSR count). The van der Waals surface area contributed by atoms with E-state index in [1.807, 2.05) is 0 Å². The van der Waals surface area contributed by atoms with Crippen molar-refractivity contribution in [2.45, 2.75) is 31.3 Å². The van der Waals surface area contributed by atoms with Gasteiger partial charge >= 0.3 is 5.97 Å². The van der Waals surface area contributed by atoms with E-state index in [-0.39, 0.29) is 56.2 Å². The molecule has 3 unspecified atom stereocenters. The van der Waals surface area contributed by atoms with Gasteiger partial charge in [-0.3, -0.25) is 14.4 Å². The van der Waals surface area contributed by atoms with E-state index in [2.05, 4.69) is 10.6 Å². The van der Waals surface area contributed by atoms with Crippen LogP contribution in [0.15, 0.2) is 66.3 Å². The van der Waals surface area contributed by atoms with Crippen LogP contribution in [-0.4, -0.2) is 86.0 Å². The summed E-state index contributed by atoms with van der Waals surface area (Å²) in [6.45, 7) is 0.154. The van der Waals surface area contributed by atoms with Gasteiger partial charge in [-0.1, -0.05) is 30.3 Å². The topological polar surface area (TPSA) is 144 Å². The highest BCUT2D eigenvalue weighted by atomic mass is 16.7. The number of hydrogen-bond acceptors (Lipinski definition) is 8. The summed E-state index contributed by atoms with van der Waals surface area (Å²) < 4.78 is 17.1. The summed E-state index contributed by atoms with van der Waals surface area (Å²) in [5.74, 6) is -1.52. The van der Waals surface area contributed by atoms with Crippen molar-refractivity contribution in [1.82, 2.24) is 15.5 Å². The number of esters is 1. The molecular weight excluding hydrogens is 530 g/mol. The minimum absolute atomic E-state index is 0.00585. The Balaban J connectivity index is 1.42. The Bertz CT molecular complexity index is 1350. The van der Waals surface area contributed by atoms with Crippen LogP contribution in [0.5, 0.6) is 0 Å². The number of nitrogens with zero attached hydrogens (tertiary/aromatic N) is 1. The molecule has 2 aromatic rings. The SMILES string of the molecule is CN(C)C(=O)C=Cc1ccccc1C(=O)OC1CC(C(=O)NCc2cccc(C(=O)NCCO)c2)=CC2OCOC21. The molecule has 3 amide bonds. The number of benzene rings is 2. The van der Waals surface area contributed by atoms with Gasteiger partial charge in [0, 0.05) is 50.8 Å². The lowest BCUT2D eigenvalue weighted by atomic mass is 9.91. The molecule has 3 N–H and O–H groups in total. The van der Waals surface area contributed by atoms with E-state index in [1.165, 1.54) is 11.0 Å². The zero-order chi connectivity index (χ0) is 29.4. The number of fused-ring (bicyclic) bond motifs is 1. The van der Waals surface area contributed by atoms with Crippen LogP contribution in [-0.2, 0) is 30.3 Å². The van der Waals surface area contributed by atoms with Gasteiger partial charge in [0.2, 0.25) is 11.8 Å². The van der Waals surface area contributed by atoms with E-state index in [9.17, 15) is 19.2 Å². The third kappa shape index (κ3) is 7.66. The molecule has 0 saturated carbocycles. The Hall–Kier alpha value is -4.32. The van der Waals surface area contributed by atoms with Crippen LogP contribution in [0.4, 0.5) is 0 Å². The first-order valence-electron chi connectivity index (χ1n) is 13.2. The second-order valence-electron chi connectivity index (χ2n) is 9.74. The van der Waals surface area contributed by atoms with E-state index in [0.29, 0.717) is 22.3 Å². The Morgan fingerprint density at radius 3 is 2.63 bits per heavy atom. The number of aliphatic hydroxyl groups is 1. The lowest BCUT2D eigenvalue weighted by Gasteiger charge is -2.30. The summed E-state index contributed by atoms with van der Waals surface area (Å²) in [7, 11) is 3.27. The molecule has 11 nitrogen and oxygen atoms in total. The zero-order valence-electron chi connectivity index (χ0n) is 22.9. The van der Waals surface area contributed by atoms with Crippen LogP contribution in [0, 0.1) is 0 Å². The highest BCUT2D eigenvalue weighted by Crippen LogP contribution is 2.31. The van der Waals surface area contributed by atoms with E-state index < -0.39 is 24.3 Å². The first kappa shape index (κ1) is 29.7. The summed E-state index contributed by atoms with van der Waals surface area (Å²) in [6, 6.07) is 13.6. The number of amides is 3. The molecule has 1 aliphatic carbocycles. The largest absolute Gasteiger partial charge is 0.456 e.